The second kappa shape index (κ2) is 8.44. The minimum Gasteiger partial charge on any atom is -0.459 e. The molecule has 1 aromatic heterocycles. The van der Waals surface area contributed by atoms with Gasteiger partial charge in [0.15, 0.2) is 6.04 Å². The summed E-state index contributed by atoms with van der Waals surface area (Å²) >= 11 is 1.62. The predicted molar refractivity (Wildman–Crippen MR) is 125 cm³/mol. The fraction of sp³-hybridized carbons (Fsp3) is 0.360. The molecule has 0 unspecified atom stereocenters. The topological polar surface area (TPSA) is 66.5 Å². The van der Waals surface area contributed by atoms with Gasteiger partial charge in [-0.25, -0.2) is 4.99 Å². The molecule has 5 nitrogen and oxygen atoms in total. The number of fused-ring (bicyclic) bond motifs is 4. The molecule has 0 aliphatic carbocycles. The van der Waals surface area contributed by atoms with Gasteiger partial charge in [0, 0.05) is 24.1 Å². The molecule has 31 heavy (non-hydrogen) atoms. The molecule has 0 radical (unpaired) electrons. The Kier molecular flexibility index (Phi) is 5.50. The Labute approximate surface area is 186 Å². The summed E-state index contributed by atoms with van der Waals surface area (Å²) in [6.07, 6.45) is 2.43. The second-order valence-corrected chi connectivity index (χ2v) is 9.69. The first-order valence-electron chi connectivity index (χ1n) is 11.0. The number of benzene rings is 2. The van der Waals surface area contributed by atoms with Gasteiger partial charge in [0.1, 0.15) is 4.88 Å². The number of rotatable bonds is 5. The zero-order valence-electron chi connectivity index (χ0n) is 17.7. The van der Waals surface area contributed by atoms with Crippen molar-refractivity contribution in [3.8, 4) is 11.1 Å². The molecule has 3 aliphatic heterocycles. The van der Waals surface area contributed by atoms with Crippen LogP contribution in [0.5, 0.6) is 0 Å². The largest absolute Gasteiger partial charge is 0.459 e. The zero-order valence-corrected chi connectivity index (χ0v) is 18.5. The molecule has 0 saturated carbocycles. The lowest BCUT2D eigenvalue weighted by atomic mass is 9.84. The van der Waals surface area contributed by atoms with Crippen molar-refractivity contribution in [2.45, 2.75) is 32.4 Å². The molecular formula is C25H28N3O2S+. The molecule has 3 aliphatic rings. The molecule has 2 bridgehead atoms. The zero-order chi connectivity index (χ0) is 21.4. The number of hydrogen-bond donors (Lipinski definition) is 3. The monoisotopic (exact) mass is 434 g/mol. The van der Waals surface area contributed by atoms with Gasteiger partial charge in [0.05, 0.1) is 6.54 Å². The van der Waals surface area contributed by atoms with Crippen LogP contribution in [0.3, 0.4) is 0 Å². The molecule has 1 atom stereocenters. The normalized spacial score (nSPS) is 23.3. The summed E-state index contributed by atoms with van der Waals surface area (Å²) in [5.41, 5.74) is 3.32. The molecule has 0 spiro atoms. The van der Waals surface area contributed by atoms with Crippen LogP contribution < -0.4 is 10.3 Å². The van der Waals surface area contributed by atoms with E-state index in [1.54, 1.807) is 11.3 Å². The SMILES string of the molecule is CC(=O)NCc1ccccc1-c1cccc2cc(C(O)=[NH+][C@H]3CN4CCC3CC4)sc12. The summed E-state index contributed by atoms with van der Waals surface area (Å²) < 4.78 is 1.15. The summed E-state index contributed by atoms with van der Waals surface area (Å²) in [4.78, 5) is 18.2. The van der Waals surface area contributed by atoms with Gasteiger partial charge in [-0.15, -0.1) is 11.3 Å². The van der Waals surface area contributed by atoms with Crippen molar-refractivity contribution in [2.75, 3.05) is 19.6 Å². The van der Waals surface area contributed by atoms with E-state index < -0.39 is 0 Å². The first-order valence-corrected chi connectivity index (χ1v) is 11.8. The summed E-state index contributed by atoms with van der Waals surface area (Å²) in [7, 11) is 0. The molecule has 2 aromatic carbocycles. The summed E-state index contributed by atoms with van der Waals surface area (Å²) in [5.74, 6) is 0.903. The molecule has 3 saturated heterocycles. The number of thiophene rings is 1. The third kappa shape index (κ3) is 4.10. The average Bonchev–Trinajstić information content (AvgIpc) is 3.23. The maximum Gasteiger partial charge on any atom is 0.376 e. The number of nitrogens with one attached hydrogen (secondary N) is 2. The molecule has 3 aromatic rings. The van der Waals surface area contributed by atoms with Crippen molar-refractivity contribution >= 4 is 33.2 Å². The highest BCUT2D eigenvalue weighted by Crippen LogP contribution is 2.36. The highest BCUT2D eigenvalue weighted by Gasteiger charge is 2.38. The Balaban J connectivity index is 1.49. The van der Waals surface area contributed by atoms with E-state index in [2.05, 4.69) is 51.6 Å². The number of piperidine rings is 3. The first-order chi connectivity index (χ1) is 15.1. The third-order valence-electron chi connectivity index (χ3n) is 6.59. The van der Waals surface area contributed by atoms with Gasteiger partial charge in [-0.3, -0.25) is 9.69 Å². The van der Waals surface area contributed by atoms with Crippen LogP contribution in [0.2, 0.25) is 0 Å². The number of carbonyl (C=O) groups excluding carboxylic acids is 1. The van der Waals surface area contributed by atoms with Crippen LogP contribution >= 0.6 is 11.3 Å². The number of amides is 1. The van der Waals surface area contributed by atoms with Crippen LogP contribution in [0.1, 0.15) is 30.2 Å². The molecule has 3 N–H and O–H groups in total. The number of hydrogen-bond acceptors (Lipinski definition) is 3. The van der Waals surface area contributed by atoms with Crippen molar-refractivity contribution in [2.24, 2.45) is 5.92 Å². The summed E-state index contributed by atoms with van der Waals surface area (Å²) in [5, 5.41) is 14.9. The Hall–Kier alpha value is -2.70. The average molecular weight is 435 g/mol. The third-order valence-corrected chi connectivity index (χ3v) is 7.78. The van der Waals surface area contributed by atoms with Crippen molar-refractivity contribution in [3.63, 3.8) is 0 Å². The van der Waals surface area contributed by atoms with E-state index in [0.717, 1.165) is 38.2 Å². The number of nitrogens with zero attached hydrogens (tertiary/aromatic N) is 1. The Morgan fingerprint density at radius 3 is 2.68 bits per heavy atom. The van der Waals surface area contributed by atoms with Gasteiger partial charge in [-0.2, -0.15) is 0 Å². The van der Waals surface area contributed by atoms with E-state index >= 15 is 0 Å². The standard InChI is InChI=1S/C25H27N3O2S/c1-16(29)26-14-19-5-2-3-7-20(19)21-8-4-6-18-13-23(31-24(18)21)25(30)27-22-15-28-11-9-17(22)10-12-28/h2-8,13,17,22H,9-12,14-15H2,1H3,(H,26,29)(H,27,30)/p+1/t22-/m0/s1. The van der Waals surface area contributed by atoms with Gasteiger partial charge in [0.2, 0.25) is 5.91 Å². The lowest BCUT2D eigenvalue weighted by Gasteiger charge is -2.40. The minimum absolute atomic E-state index is 0.0373. The van der Waals surface area contributed by atoms with Crippen molar-refractivity contribution in [3.05, 3.63) is 59.0 Å². The Morgan fingerprint density at radius 2 is 1.94 bits per heavy atom. The van der Waals surface area contributed by atoms with Crippen LogP contribution in [0.25, 0.3) is 21.2 Å². The van der Waals surface area contributed by atoms with Crippen molar-refractivity contribution in [1.82, 2.24) is 10.2 Å². The number of aliphatic hydroxyl groups excluding tert-OH is 1. The maximum absolute atomic E-state index is 11.4. The highest BCUT2D eigenvalue weighted by molar-refractivity contribution is 7.21. The Morgan fingerprint density at radius 1 is 1.16 bits per heavy atom. The van der Waals surface area contributed by atoms with Gasteiger partial charge in [0.25, 0.3) is 0 Å². The number of carbonyl (C=O) groups is 1. The second-order valence-electron chi connectivity index (χ2n) is 8.64. The smallest absolute Gasteiger partial charge is 0.376 e. The van der Waals surface area contributed by atoms with Crippen LogP contribution in [-0.4, -0.2) is 47.5 Å². The quantitative estimate of drug-likeness (QED) is 0.427. The highest BCUT2D eigenvalue weighted by atomic mass is 32.1. The van der Waals surface area contributed by atoms with E-state index in [-0.39, 0.29) is 11.8 Å². The van der Waals surface area contributed by atoms with Crippen molar-refractivity contribution in [1.29, 1.82) is 0 Å². The van der Waals surface area contributed by atoms with Gasteiger partial charge in [-0.1, -0.05) is 42.5 Å². The molecule has 160 valence electrons. The minimum atomic E-state index is -0.0373. The molecule has 6 heteroatoms. The van der Waals surface area contributed by atoms with Gasteiger partial charge >= 0.3 is 5.90 Å². The lowest BCUT2D eigenvalue weighted by Crippen LogP contribution is -2.86. The summed E-state index contributed by atoms with van der Waals surface area (Å²) in [6.45, 7) is 5.43. The van der Waals surface area contributed by atoms with E-state index in [9.17, 15) is 9.90 Å². The van der Waals surface area contributed by atoms with E-state index in [4.69, 9.17) is 0 Å². The van der Waals surface area contributed by atoms with Crippen LogP contribution in [0.4, 0.5) is 0 Å². The number of aliphatic hydroxyl groups is 1. The Bertz CT molecular complexity index is 1140. The molecule has 1 amide bonds. The predicted octanol–water partition coefficient (Wildman–Crippen LogP) is 2.68. The molecule has 3 fully saturated rings. The van der Waals surface area contributed by atoms with Crippen molar-refractivity contribution < 1.29 is 14.9 Å². The fourth-order valence-electron chi connectivity index (χ4n) is 4.92. The fourth-order valence-corrected chi connectivity index (χ4v) is 6.02. The summed E-state index contributed by atoms with van der Waals surface area (Å²) in [6, 6.07) is 16.8. The molecular weight excluding hydrogens is 406 g/mol. The molecule has 4 heterocycles. The van der Waals surface area contributed by atoms with E-state index in [1.807, 2.05) is 12.1 Å². The maximum atomic E-state index is 11.4. The van der Waals surface area contributed by atoms with Gasteiger partial charge < -0.3 is 10.4 Å². The van der Waals surface area contributed by atoms with Crippen LogP contribution in [-0.2, 0) is 11.3 Å². The van der Waals surface area contributed by atoms with Crippen LogP contribution in [0.15, 0.2) is 48.5 Å². The first kappa shape index (κ1) is 20.2. The lowest BCUT2D eigenvalue weighted by molar-refractivity contribution is -0.529. The van der Waals surface area contributed by atoms with Gasteiger partial charge in [-0.05, 0) is 54.1 Å². The van der Waals surface area contributed by atoms with Crippen LogP contribution in [0, 0.1) is 5.92 Å². The van der Waals surface area contributed by atoms with E-state index in [0.29, 0.717) is 18.5 Å². The molecule has 6 rings (SSSR count). The van der Waals surface area contributed by atoms with E-state index in [1.165, 1.54) is 32.9 Å².